The maximum absolute atomic E-state index is 11.1. The first-order chi connectivity index (χ1) is 6.67. The maximum atomic E-state index is 11.1. The summed E-state index contributed by atoms with van der Waals surface area (Å²) >= 11 is 0. The molecule has 0 aliphatic carbocycles. The van der Waals surface area contributed by atoms with E-state index in [-0.39, 0.29) is 12.5 Å². The number of hydrogen-bond donors (Lipinski definition) is 3. The third-order valence-corrected chi connectivity index (χ3v) is 1.90. The lowest BCUT2D eigenvalue weighted by atomic mass is 10.1. The summed E-state index contributed by atoms with van der Waals surface area (Å²) < 4.78 is 0. The standard InChI is InChI=1S/C10H14N2O2/c1-2-10(14)12-9-5-8(11)4-3-7(9)6-13/h3-5,13H,2,6,11H2,1H3,(H,12,14). The van der Waals surface area contributed by atoms with E-state index >= 15 is 0 Å². The third-order valence-electron chi connectivity index (χ3n) is 1.90. The van der Waals surface area contributed by atoms with Gasteiger partial charge in [0.15, 0.2) is 0 Å². The number of aliphatic hydroxyl groups is 1. The van der Waals surface area contributed by atoms with Crippen LogP contribution in [0.15, 0.2) is 18.2 Å². The van der Waals surface area contributed by atoms with Crippen molar-refractivity contribution in [2.75, 3.05) is 11.1 Å². The number of nitrogens with two attached hydrogens (primary N) is 1. The number of benzene rings is 1. The molecule has 0 spiro atoms. The van der Waals surface area contributed by atoms with Gasteiger partial charge >= 0.3 is 0 Å². The quantitative estimate of drug-likeness (QED) is 0.631. The summed E-state index contributed by atoms with van der Waals surface area (Å²) in [4.78, 5) is 11.1. The van der Waals surface area contributed by atoms with Gasteiger partial charge in [-0.25, -0.2) is 0 Å². The van der Waals surface area contributed by atoms with Gasteiger partial charge < -0.3 is 16.2 Å². The highest BCUT2D eigenvalue weighted by Crippen LogP contribution is 2.19. The second-order valence-electron chi connectivity index (χ2n) is 2.98. The Bertz CT molecular complexity index is 337. The van der Waals surface area contributed by atoms with Gasteiger partial charge in [-0.3, -0.25) is 4.79 Å². The van der Waals surface area contributed by atoms with Gasteiger partial charge in [0.05, 0.1) is 6.61 Å². The molecular formula is C10H14N2O2. The Morgan fingerprint density at radius 2 is 2.29 bits per heavy atom. The van der Waals surface area contributed by atoms with Gasteiger partial charge in [-0.1, -0.05) is 13.0 Å². The molecule has 4 heteroatoms. The van der Waals surface area contributed by atoms with Gasteiger partial charge in [0, 0.05) is 23.4 Å². The Labute approximate surface area is 82.7 Å². The van der Waals surface area contributed by atoms with Crippen molar-refractivity contribution in [1.82, 2.24) is 0 Å². The van der Waals surface area contributed by atoms with Crippen LogP contribution in [0.2, 0.25) is 0 Å². The fourth-order valence-electron chi connectivity index (χ4n) is 1.09. The molecule has 0 aromatic heterocycles. The van der Waals surface area contributed by atoms with Gasteiger partial charge in [-0.2, -0.15) is 0 Å². The summed E-state index contributed by atoms with van der Waals surface area (Å²) in [6.07, 6.45) is 0.402. The lowest BCUT2D eigenvalue weighted by Crippen LogP contribution is -2.11. The average molecular weight is 194 g/mol. The number of amides is 1. The number of nitrogens with one attached hydrogen (secondary N) is 1. The summed E-state index contributed by atoms with van der Waals surface area (Å²) in [6, 6.07) is 5.02. The Hall–Kier alpha value is -1.55. The summed E-state index contributed by atoms with van der Waals surface area (Å²) in [5.41, 5.74) is 7.38. The number of carbonyl (C=O) groups is 1. The molecule has 76 valence electrons. The molecule has 0 unspecified atom stereocenters. The van der Waals surface area contributed by atoms with Gasteiger partial charge in [-0.05, 0) is 12.1 Å². The molecule has 0 radical (unpaired) electrons. The van der Waals surface area contributed by atoms with Crippen LogP contribution in [0.1, 0.15) is 18.9 Å². The first-order valence-corrected chi connectivity index (χ1v) is 4.46. The molecular weight excluding hydrogens is 180 g/mol. The van der Waals surface area contributed by atoms with Crippen LogP contribution in [0.4, 0.5) is 11.4 Å². The lowest BCUT2D eigenvalue weighted by molar-refractivity contribution is -0.115. The summed E-state index contributed by atoms with van der Waals surface area (Å²) in [7, 11) is 0. The van der Waals surface area contributed by atoms with E-state index in [1.54, 1.807) is 25.1 Å². The molecule has 0 atom stereocenters. The van der Waals surface area contributed by atoms with Crippen molar-refractivity contribution in [1.29, 1.82) is 0 Å². The zero-order chi connectivity index (χ0) is 10.6. The van der Waals surface area contributed by atoms with Gasteiger partial charge in [0.1, 0.15) is 0 Å². The zero-order valence-electron chi connectivity index (χ0n) is 8.08. The molecule has 1 aromatic carbocycles. The van der Waals surface area contributed by atoms with E-state index in [4.69, 9.17) is 10.8 Å². The summed E-state index contributed by atoms with van der Waals surface area (Å²) in [5, 5.41) is 11.7. The molecule has 0 saturated heterocycles. The van der Waals surface area contributed by atoms with Crippen molar-refractivity contribution in [3.05, 3.63) is 23.8 Å². The molecule has 0 heterocycles. The number of hydrogen-bond acceptors (Lipinski definition) is 3. The SMILES string of the molecule is CCC(=O)Nc1cc(N)ccc1CO. The summed E-state index contributed by atoms with van der Waals surface area (Å²) in [6.45, 7) is 1.65. The smallest absolute Gasteiger partial charge is 0.224 e. The molecule has 1 amide bonds. The third kappa shape index (κ3) is 2.47. The van der Waals surface area contributed by atoms with Gasteiger partial charge in [-0.15, -0.1) is 0 Å². The first kappa shape index (κ1) is 10.5. The van der Waals surface area contributed by atoms with Crippen LogP contribution in [0.3, 0.4) is 0 Å². The molecule has 0 aliphatic rings. The molecule has 0 saturated carbocycles. The molecule has 1 aromatic rings. The molecule has 0 bridgehead atoms. The lowest BCUT2D eigenvalue weighted by Gasteiger charge is -2.09. The van der Waals surface area contributed by atoms with E-state index in [1.807, 2.05) is 0 Å². The second-order valence-corrected chi connectivity index (χ2v) is 2.98. The van der Waals surface area contributed by atoms with E-state index in [9.17, 15) is 4.79 Å². The maximum Gasteiger partial charge on any atom is 0.224 e. The number of anilines is 2. The van der Waals surface area contributed by atoms with Crippen LogP contribution in [-0.4, -0.2) is 11.0 Å². The highest BCUT2D eigenvalue weighted by atomic mass is 16.3. The van der Waals surface area contributed by atoms with Crippen LogP contribution in [-0.2, 0) is 11.4 Å². The molecule has 0 aliphatic heterocycles. The Kier molecular flexibility index (Phi) is 3.48. The second kappa shape index (κ2) is 4.62. The van der Waals surface area contributed by atoms with Crippen LogP contribution < -0.4 is 11.1 Å². The minimum absolute atomic E-state index is 0.0923. The average Bonchev–Trinajstić information content (AvgIpc) is 2.18. The predicted octanol–water partition coefficient (Wildman–Crippen LogP) is 1.11. The van der Waals surface area contributed by atoms with Crippen LogP contribution >= 0.6 is 0 Å². The van der Waals surface area contributed by atoms with E-state index in [0.29, 0.717) is 23.4 Å². The van der Waals surface area contributed by atoms with Crippen molar-refractivity contribution < 1.29 is 9.90 Å². The van der Waals surface area contributed by atoms with Crippen molar-refractivity contribution in [3.8, 4) is 0 Å². The van der Waals surface area contributed by atoms with E-state index in [2.05, 4.69) is 5.32 Å². The highest BCUT2D eigenvalue weighted by Gasteiger charge is 2.04. The van der Waals surface area contributed by atoms with Crippen molar-refractivity contribution >= 4 is 17.3 Å². The highest BCUT2D eigenvalue weighted by molar-refractivity contribution is 5.91. The predicted molar refractivity (Wildman–Crippen MR) is 55.7 cm³/mol. The molecule has 0 fully saturated rings. The van der Waals surface area contributed by atoms with Crippen molar-refractivity contribution in [3.63, 3.8) is 0 Å². The number of nitrogen functional groups attached to an aromatic ring is 1. The molecule has 1 rings (SSSR count). The first-order valence-electron chi connectivity index (χ1n) is 4.46. The van der Waals surface area contributed by atoms with Gasteiger partial charge in [0.2, 0.25) is 5.91 Å². The largest absolute Gasteiger partial charge is 0.399 e. The van der Waals surface area contributed by atoms with Crippen molar-refractivity contribution in [2.24, 2.45) is 0 Å². The van der Waals surface area contributed by atoms with Crippen molar-refractivity contribution in [2.45, 2.75) is 20.0 Å². The van der Waals surface area contributed by atoms with Crippen LogP contribution in [0, 0.1) is 0 Å². The van der Waals surface area contributed by atoms with E-state index in [0.717, 1.165) is 0 Å². The molecule has 14 heavy (non-hydrogen) atoms. The fourth-order valence-corrected chi connectivity index (χ4v) is 1.09. The Morgan fingerprint density at radius 1 is 1.57 bits per heavy atom. The molecule has 4 N–H and O–H groups in total. The van der Waals surface area contributed by atoms with Crippen LogP contribution in [0.5, 0.6) is 0 Å². The topological polar surface area (TPSA) is 75.4 Å². The Balaban J connectivity index is 2.93. The Morgan fingerprint density at radius 3 is 2.86 bits per heavy atom. The minimum Gasteiger partial charge on any atom is -0.399 e. The molecule has 4 nitrogen and oxygen atoms in total. The fraction of sp³-hybridized carbons (Fsp3) is 0.300. The summed E-state index contributed by atoms with van der Waals surface area (Å²) in [5.74, 6) is -0.0923. The van der Waals surface area contributed by atoms with Crippen LogP contribution in [0.25, 0.3) is 0 Å². The van der Waals surface area contributed by atoms with Gasteiger partial charge in [0.25, 0.3) is 0 Å². The minimum atomic E-state index is -0.112. The monoisotopic (exact) mass is 194 g/mol. The van der Waals surface area contributed by atoms with E-state index < -0.39 is 0 Å². The number of aliphatic hydroxyl groups excluding tert-OH is 1. The zero-order valence-corrected chi connectivity index (χ0v) is 8.08. The number of rotatable bonds is 3. The number of carbonyl (C=O) groups excluding carboxylic acids is 1. The van der Waals surface area contributed by atoms with E-state index in [1.165, 1.54) is 0 Å². The normalized spacial score (nSPS) is 9.86.